The zero-order chi connectivity index (χ0) is 11.4. The third-order valence-electron chi connectivity index (χ3n) is 2.02. The first-order valence-corrected chi connectivity index (χ1v) is 5.64. The number of aliphatic hydroxyl groups excluding tert-OH is 1. The van der Waals surface area contributed by atoms with Crippen molar-refractivity contribution in [1.82, 2.24) is 0 Å². The van der Waals surface area contributed by atoms with Gasteiger partial charge in [-0.05, 0) is 6.08 Å². The summed E-state index contributed by atoms with van der Waals surface area (Å²) in [4.78, 5) is 21.6. The molecule has 0 saturated carbocycles. The van der Waals surface area contributed by atoms with Gasteiger partial charge in [-0.1, -0.05) is 0 Å². The lowest BCUT2D eigenvalue weighted by Crippen LogP contribution is -2.32. The summed E-state index contributed by atoms with van der Waals surface area (Å²) in [6.45, 7) is 0. The topological polar surface area (TPSA) is 101 Å². The van der Waals surface area contributed by atoms with E-state index in [9.17, 15) is 9.59 Å². The van der Waals surface area contributed by atoms with Gasteiger partial charge < -0.3 is 15.9 Å². The summed E-state index contributed by atoms with van der Waals surface area (Å²) in [5.41, 5.74) is 5.85. The molecule has 1 rings (SSSR count). The number of hydrogen-bond donors (Lipinski definition) is 3. The molecule has 0 amide bonds. The first-order chi connectivity index (χ1) is 7.00. The number of carbonyl (C=O) groups is 2. The van der Waals surface area contributed by atoms with E-state index in [1.807, 2.05) is 0 Å². The molecule has 0 aromatic heterocycles. The van der Waals surface area contributed by atoms with Gasteiger partial charge in [-0.3, -0.25) is 9.59 Å². The second kappa shape index (κ2) is 5.29. The fraction of sp³-hybridized carbons (Fsp3) is 0.556. The Bertz CT molecular complexity index is 302. The van der Waals surface area contributed by atoms with Gasteiger partial charge in [0.2, 0.25) is 0 Å². The molecule has 0 fully saturated rings. The molecule has 0 spiro atoms. The Labute approximate surface area is 91.3 Å². The van der Waals surface area contributed by atoms with Crippen molar-refractivity contribution in [2.24, 2.45) is 5.73 Å². The number of ketones is 1. The van der Waals surface area contributed by atoms with E-state index in [1.165, 1.54) is 17.8 Å². The minimum atomic E-state index is -1.05. The molecule has 0 radical (unpaired) electrons. The van der Waals surface area contributed by atoms with E-state index < -0.39 is 18.1 Å². The lowest BCUT2D eigenvalue weighted by Gasteiger charge is -2.05. The summed E-state index contributed by atoms with van der Waals surface area (Å²) in [5, 5.41) is 17.6. The number of carboxylic acids is 1. The highest BCUT2D eigenvalue weighted by Crippen LogP contribution is 2.19. The third kappa shape index (κ3) is 3.65. The summed E-state index contributed by atoms with van der Waals surface area (Å²) in [6.07, 6.45) is 0.976. The lowest BCUT2D eigenvalue weighted by atomic mass is 10.2. The molecule has 0 aromatic rings. The number of hydrogen-bond acceptors (Lipinski definition) is 5. The molecular weight excluding hydrogens is 218 g/mol. The standard InChI is InChI=1S/C9H13NO4S/c10-7(9(13)14)4-15-3-5-1-6(11)2-8(5)12/h1,6-7,11H,2-4,10H2,(H,13,14). The SMILES string of the molecule is NC(CSCC1=CC(O)CC1=O)C(=O)O. The first-order valence-electron chi connectivity index (χ1n) is 4.49. The average Bonchev–Trinajstić information content (AvgIpc) is 2.45. The predicted octanol–water partition coefficient (Wildman–Crippen LogP) is -0.608. The summed E-state index contributed by atoms with van der Waals surface area (Å²) in [6, 6.07) is -0.906. The van der Waals surface area contributed by atoms with Crippen LogP contribution >= 0.6 is 11.8 Å². The highest BCUT2D eigenvalue weighted by atomic mass is 32.2. The molecule has 0 saturated heterocycles. The highest BCUT2D eigenvalue weighted by molar-refractivity contribution is 7.99. The van der Waals surface area contributed by atoms with Crippen molar-refractivity contribution in [3.05, 3.63) is 11.6 Å². The quantitative estimate of drug-likeness (QED) is 0.583. The first kappa shape index (κ1) is 12.2. The van der Waals surface area contributed by atoms with Crippen LogP contribution in [0.2, 0.25) is 0 Å². The summed E-state index contributed by atoms with van der Waals surface area (Å²) in [7, 11) is 0. The normalized spacial score (nSPS) is 22.7. The number of thioether (sulfide) groups is 1. The van der Waals surface area contributed by atoms with Gasteiger partial charge in [-0.25, -0.2) is 0 Å². The van der Waals surface area contributed by atoms with Gasteiger partial charge in [-0.15, -0.1) is 0 Å². The average molecular weight is 231 g/mol. The highest BCUT2D eigenvalue weighted by Gasteiger charge is 2.22. The number of carboxylic acid groups (broad SMARTS) is 1. The van der Waals surface area contributed by atoms with Crippen LogP contribution in [-0.4, -0.2) is 45.6 Å². The Morgan fingerprint density at radius 3 is 2.87 bits per heavy atom. The zero-order valence-corrected chi connectivity index (χ0v) is 8.87. The second-order valence-electron chi connectivity index (χ2n) is 3.35. The summed E-state index contributed by atoms with van der Waals surface area (Å²) in [5.74, 6) is -0.444. The van der Waals surface area contributed by atoms with Gasteiger partial charge in [0.1, 0.15) is 6.04 Å². The van der Waals surface area contributed by atoms with Crippen molar-refractivity contribution in [1.29, 1.82) is 0 Å². The molecule has 5 nitrogen and oxygen atoms in total. The molecule has 84 valence electrons. The summed E-state index contributed by atoms with van der Waals surface area (Å²) >= 11 is 1.29. The molecule has 0 aliphatic heterocycles. The van der Waals surface area contributed by atoms with Gasteiger partial charge >= 0.3 is 5.97 Å². The van der Waals surface area contributed by atoms with Gasteiger partial charge in [0.05, 0.1) is 6.10 Å². The number of nitrogens with two attached hydrogens (primary N) is 1. The number of Topliss-reactive ketones (excluding diaryl/α,β-unsaturated/α-hetero) is 1. The van der Waals surface area contributed by atoms with Crippen LogP contribution in [0.15, 0.2) is 11.6 Å². The van der Waals surface area contributed by atoms with Gasteiger partial charge in [0.25, 0.3) is 0 Å². The predicted molar refractivity (Wildman–Crippen MR) is 56.7 cm³/mol. The fourth-order valence-electron chi connectivity index (χ4n) is 1.20. The van der Waals surface area contributed by atoms with Crippen LogP contribution in [-0.2, 0) is 9.59 Å². The molecule has 2 atom stereocenters. The number of carbonyl (C=O) groups excluding carboxylic acids is 1. The minimum absolute atomic E-state index is 0.0705. The second-order valence-corrected chi connectivity index (χ2v) is 4.38. The smallest absolute Gasteiger partial charge is 0.321 e. The Kier molecular flexibility index (Phi) is 4.31. The van der Waals surface area contributed by atoms with E-state index in [1.54, 1.807) is 0 Å². The van der Waals surface area contributed by atoms with Gasteiger partial charge in [-0.2, -0.15) is 11.8 Å². The maximum Gasteiger partial charge on any atom is 0.321 e. The molecular formula is C9H13NO4S. The number of rotatable bonds is 5. The number of aliphatic hydroxyl groups is 1. The van der Waals surface area contributed by atoms with E-state index in [-0.39, 0.29) is 18.0 Å². The molecule has 0 bridgehead atoms. The lowest BCUT2D eigenvalue weighted by molar-refractivity contribution is -0.137. The van der Waals surface area contributed by atoms with Crippen molar-refractivity contribution < 1.29 is 19.8 Å². The van der Waals surface area contributed by atoms with Crippen LogP contribution in [0.5, 0.6) is 0 Å². The minimum Gasteiger partial charge on any atom is -0.480 e. The van der Waals surface area contributed by atoms with E-state index in [2.05, 4.69) is 0 Å². The van der Waals surface area contributed by atoms with E-state index >= 15 is 0 Å². The Morgan fingerprint density at radius 1 is 1.73 bits per heavy atom. The van der Waals surface area contributed by atoms with E-state index in [4.69, 9.17) is 15.9 Å². The van der Waals surface area contributed by atoms with E-state index in [0.717, 1.165) is 0 Å². The van der Waals surface area contributed by atoms with Crippen LogP contribution in [0.1, 0.15) is 6.42 Å². The Balaban J connectivity index is 2.29. The Morgan fingerprint density at radius 2 is 2.40 bits per heavy atom. The summed E-state index contributed by atoms with van der Waals surface area (Å²) < 4.78 is 0. The van der Waals surface area contributed by atoms with Crippen LogP contribution in [0.25, 0.3) is 0 Å². The van der Waals surface area contributed by atoms with Crippen molar-refractivity contribution >= 4 is 23.5 Å². The zero-order valence-electron chi connectivity index (χ0n) is 8.05. The van der Waals surface area contributed by atoms with Crippen LogP contribution in [0.3, 0.4) is 0 Å². The molecule has 1 aliphatic rings. The molecule has 4 N–H and O–H groups in total. The van der Waals surface area contributed by atoms with Gasteiger partial charge in [0, 0.05) is 23.5 Å². The van der Waals surface area contributed by atoms with Crippen molar-refractivity contribution in [2.75, 3.05) is 11.5 Å². The monoisotopic (exact) mass is 231 g/mol. The molecule has 15 heavy (non-hydrogen) atoms. The third-order valence-corrected chi connectivity index (χ3v) is 3.13. The molecule has 2 unspecified atom stereocenters. The maximum absolute atomic E-state index is 11.2. The van der Waals surface area contributed by atoms with Crippen LogP contribution in [0.4, 0.5) is 0 Å². The molecule has 0 heterocycles. The van der Waals surface area contributed by atoms with E-state index in [0.29, 0.717) is 11.3 Å². The van der Waals surface area contributed by atoms with Crippen molar-refractivity contribution in [2.45, 2.75) is 18.6 Å². The van der Waals surface area contributed by atoms with Crippen molar-refractivity contribution in [3.63, 3.8) is 0 Å². The van der Waals surface area contributed by atoms with Crippen molar-refractivity contribution in [3.8, 4) is 0 Å². The fourth-order valence-corrected chi connectivity index (χ4v) is 2.19. The van der Waals surface area contributed by atoms with Crippen LogP contribution in [0, 0.1) is 0 Å². The largest absolute Gasteiger partial charge is 0.480 e. The Hall–Kier alpha value is -0.850. The molecule has 6 heteroatoms. The number of aliphatic carboxylic acids is 1. The van der Waals surface area contributed by atoms with Gasteiger partial charge in [0.15, 0.2) is 5.78 Å². The molecule has 0 aromatic carbocycles. The molecule has 1 aliphatic carbocycles. The van der Waals surface area contributed by atoms with Crippen LogP contribution < -0.4 is 5.73 Å². The maximum atomic E-state index is 11.2.